The molecule has 0 aromatic heterocycles. The summed E-state index contributed by atoms with van der Waals surface area (Å²) in [6.07, 6.45) is 8.59. The van der Waals surface area contributed by atoms with Gasteiger partial charge in [0.2, 0.25) is 5.91 Å². The van der Waals surface area contributed by atoms with Gasteiger partial charge in [0, 0.05) is 36.8 Å². The number of benzene rings is 1. The number of amides is 2. The molecule has 29 heavy (non-hydrogen) atoms. The first-order valence-electron chi connectivity index (χ1n) is 10.7. The summed E-state index contributed by atoms with van der Waals surface area (Å²) in [6, 6.07) is 5.00. The SMILES string of the molecule is O=C(c1ccc(Cl)cc1Cl)N1CCC2(CC1)SCCN2C(=O)CCC1CCCC1. The Balaban J connectivity index is 1.36. The fourth-order valence-corrected chi connectivity index (χ4v) is 6.99. The van der Waals surface area contributed by atoms with Crippen LogP contribution < -0.4 is 0 Å². The Morgan fingerprint density at radius 3 is 2.52 bits per heavy atom. The molecule has 2 heterocycles. The smallest absolute Gasteiger partial charge is 0.255 e. The highest BCUT2D eigenvalue weighted by molar-refractivity contribution is 8.00. The van der Waals surface area contributed by atoms with Crippen molar-refractivity contribution in [1.29, 1.82) is 0 Å². The third kappa shape index (κ3) is 4.57. The lowest BCUT2D eigenvalue weighted by Crippen LogP contribution is -2.53. The van der Waals surface area contributed by atoms with Gasteiger partial charge in [0.1, 0.15) is 0 Å². The Kier molecular flexibility index (Phi) is 6.67. The average molecular weight is 455 g/mol. The van der Waals surface area contributed by atoms with E-state index in [0.717, 1.165) is 37.5 Å². The molecule has 2 amide bonds. The summed E-state index contributed by atoms with van der Waals surface area (Å²) in [4.78, 5) is 29.8. The van der Waals surface area contributed by atoms with E-state index in [1.54, 1.807) is 18.2 Å². The second-order valence-corrected chi connectivity index (χ2v) is 10.7. The number of likely N-dealkylation sites (tertiary alicyclic amines) is 1. The van der Waals surface area contributed by atoms with Crippen molar-refractivity contribution >= 4 is 46.8 Å². The van der Waals surface area contributed by atoms with E-state index in [1.165, 1.54) is 25.7 Å². The standard InChI is InChI=1S/C22H28Cl2N2O2S/c23-17-6-7-18(19(24)15-17)21(28)25-11-9-22(10-12-25)26(13-14-29-22)20(27)8-5-16-3-1-2-4-16/h6-7,15-16H,1-5,8-14H2. The molecule has 1 aromatic carbocycles. The fourth-order valence-electron chi connectivity index (χ4n) is 5.03. The maximum absolute atomic E-state index is 13.0. The summed E-state index contributed by atoms with van der Waals surface area (Å²) >= 11 is 14.1. The minimum atomic E-state index is -0.132. The van der Waals surface area contributed by atoms with Gasteiger partial charge < -0.3 is 9.80 Å². The van der Waals surface area contributed by atoms with E-state index in [0.29, 0.717) is 41.0 Å². The Bertz CT molecular complexity index is 774. The Hall–Kier alpha value is -0.910. The average Bonchev–Trinajstić information content (AvgIpc) is 3.37. The van der Waals surface area contributed by atoms with Crippen LogP contribution in [0.2, 0.25) is 10.0 Å². The van der Waals surface area contributed by atoms with Crippen molar-refractivity contribution < 1.29 is 9.59 Å². The summed E-state index contributed by atoms with van der Waals surface area (Å²) < 4.78 is 0. The second kappa shape index (κ2) is 9.07. The van der Waals surface area contributed by atoms with Crippen LogP contribution in [-0.4, -0.2) is 51.9 Å². The number of thioether (sulfide) groups is 1. The lowest BCUT2D eigenvalue weighted by atomic mass is 9.98. The van der Waals surface area contributed by atoms with Crippen LogP contribution in [0.1, 0.15) is 61.7 Å². The van der Waals surface area contributed by atoms with Crippen LogP contribution in [0.5, 0.6) is 0 Å². The van der Waals surface area contributed by atoms with Crippen molar-refractivity contribution in [2.75, 3.05) is 25.4 Å². The van der Waals surface area contributed by atoms with Crippen LogP contribution in [0, 0.1) is 5.92 Å². The molecule has 7 heteroatoms. The van der Waals surface area contributed by atoms with Gasteiger partial charge in [0.15, 0.2) is 0 Å². The predicted octanol–water partition coefficient (Wildman–Crippen LogP) is 5.47. The summed E-state index contributed by atoms with van der Waals surface area (Å²) in [6.45, 7) is 2.14. The Labute approximate surface area is 187 Å². The number of nitrogens with zero attached hydrogens (tertiary/aromatic N) is 2. The van der Waals surface area contributed by atoms with E-state index < -0.39 is 0 Å². The molecule has 4 nitrogen and oxygen atoms in total. The minimum Gasteiger partial charge on any atom is -0.338 e. The van der Waals surface area contributed by atoms with Crippen LogP contribution >= 0.6 is 35.0 Å². The first kappa shape index (κ1) is 21.3. The van der Waals surface area contributed by atoms with Crippen molar-refractivity contribution in [1.82, 2.24) is 9.80 Å². The minimum absolute atomic E-state index is 0.0522. The zero-order chi connectivity index (χ0) is 20.4. The predicted molar refractivity (Wildman–Crippen MR) is 120 cm³/mol. The maximum Gasteiger partial charge on any atom is 0.255 e. The zero-order valence-electron chi connectivity index (χ0n) is 16.7. The number of carbonyl (C=O) groups is 2. The first-order valence-corrected chi connectivity index (χ1v) is 12.4. The zero-order valence-corrected chi connectivity index (χ0v) is 19.0. The summed E-state index contributed by atoms with van der Waals surface area (Å²) in [7, 11) is 0. The molecule has 0 bridgehead atoms. The topological polar surface area (TPSA) is 40.6 Å². The summed E-state index contributed by atoms with van der Waals surface area (Å²) in [5.74, 6) is 1.99. The van der Waals surface area contributed by atoms with Gasteiger partial charge in [-0.25, -0.2) is 0 Å². The van der Waals surface area contributed by atoms with Crippen molar-refractivity contribution in [3.63, 3.8) is 0 Å². The molecule has 0 N–H and O–H groups in total. The van der Waals surface area contributed by atoms with E-state index in [9.17, 15) is 9.59 Å². The molecule has 0 radical (unpaired) electrons. The van der Waals surface area contributed by atoms with Crippen LogP contribution in [0.4, 0.5) is 0 Å². The molecule has 1 spiro atoms. The van der Waals surface area contributed by atoms with Crippen LogP contribution in [0.25, 0.3) is 0 Å². The monoisotopic (exact) mass is 454 g/mol. The maximum atomic E-state index is 13.0. The second-order valence-electron chi connectivity index (χ2n) is 8.45. The van der Waals surface area contributed by atoms with Gasteiger partial charge in [-0.15, -0.1) is 11.8 Å². The van der Waals surface area contributed by atoms with E-state index in [4.69, 9.17) is 23.2 Å². The van der Waals surface area contributed by atoms with Crippen LogP contribution in [0.15, 0.2) is 18.2 Å². The number of rotatable bonds is 4. The van der Waals surface area contributed by atoms with E-state index >= 15 is 0 Å². The third-order valence-electron chi connectivity index (χ3n) is 6.71. The van der Waals surface area contributed by atoms with Crippen LogP contribution in [0.3, 0.4) is 0 Å². The highest BCUT2D eigenvalue weighted by atomic mass is 35.5. The van der Waals surface area contributed by atoms with Crippen LogP contribution in [-0.2, 0) is 4.79 Å². The largest absolute Gasteiger partial charge is 0.338 e. The van der Waals surface area contributed by atoms with Crippen molar-refractivity contribution in [2.45, 2.75) is 56.2 Å². The summed E-state index contributed by atoms with van der Waals surface area (Å²) in [5.41, 5.74) is 0.496. The molecule has 158 valence electrons. The number of halogens is 2. The molecule has 3 aliphatic rings. The fraction of sp³-hybridized carbons (Fsp3) is 0.636. The Morgan fingerprint density at radius 1 is 1.10 bits per heavy atom. The molecule has 1 aromatic rings. The quantitative estimate of drug-likeness (QED) is 0.605. The lowest BCUT2D eigenvalue weighted by Gasteiger charge is -2.44. The van der Waals surface area contributed by atoms with E-state index in [1.807, 2.05) is 16.7 Å². The molecule has 4 rings (SSSR count). The number of hydrogen-bond acceptors (Lipinski definition) is 3. The highest BCUT2D eigenvalue weighted by Crippen LogP contribution is 2.45. The molecule has 1 saturated carbocycles. The first-order chi connectivity index (χ1) is 14.0. The van der Waals surface area contributed by atoms with Gasteiger partial charge in [0.05, 0.1) is 15.5 Å². The molecule has 1 aliphatic carbocycles. The van der Waals surface area contributed by atoms with E-state index in [-0.39, 0.29) is 10.8 Å². The van der Waals surface area contributed by atoms with Crippen molar-refractivity contribution in [3.05, 3.63) is 33.8 Å². The third-order valence-corrected chi connectivity index (χ3v) is 8.81. The Morgan fingerprint density at radius 2 is 1.83 bits per heavy atom. The van der Waals surface area contributed by atoms with Gasteiger partial charge in [-0.2, -0.15) is 0 Å². The molecule has 2 saturated heterocycles. The molecule has 2 aliphatic heterocycles. The number of piperidine rings is 1. The van der Waals surface area contributed by atoms with Gasteiger partial charge in [-0.1, -0.05) is 48.9 Å². The molecule has 0 atom stereocenters. The van der Waals surface area contributed by atoms with Gasteiger partial charge in [-0.3, -0.25) is 9.59 Å². The van der Waals surface area contributed by atoms with Crippen molar-refractivity contribution in [3.8, 4) is 0 Å². The molecular weight excluding hydrogens is 427 g/mol. The van der Waals surface area contributed by atoms with Gasteiger partial charge in [0.25, 0.3) is 5.91 Å². The number of carbonyl (C=O) groups excluding carboxylic acids is 2. The van der Waals surface area contributed by atoms with E-state index in [2.05, 4.69) is 4.90 Å². The molecule has 0 unspecified atom stereocenters. The number of hydrogen-bond donors (Lipinski definition) is 0. The normalized spacial score (nSPS) is 21.9. The van der Waals surface area contributed by atoms with Gasteiger partial charge >= 0.3 is 0 Å². The van der Waals surface area contributed by atoms with Gasteiger partial charge in [-0.05, 0) is 43.4 Å². The van der Waals surface area contributed by atoms with Crippen molar-refractivity contribution in [2.24, 2.45) is 5.92 Å². The molecular formula is C22H28Cl2N2O2S. The summed E-state index contributed by atoms with van der Waals surface area (Å²) in [5, 5.41) is 0.917. The highest BCUT2D eigenvalue weighted by Gasteiger charge is 2.46. The molecule has 3 fully saturated rings. The lowest BCUT2D eigenvalue weighted by molar-refractivity contribution is -0.135.